The summed E-state index contributed by atoms with van der Waals surface area (Å²) in [5.41, 5.74) is -0.525. The molecule has 1 fully saturated rings. The summed E-state index contributed by atoms with van der Waals surface area (Å²) < 4.78 is 45.0. The number of likely N-dealkylation sites (tertiary alicyclic amines) is 1. The van der Waals surface area contributed by atoms with Crippen LogP contribution in [0.5, 0.6) is 11.8 Å². The van der Waals surface area contributed by atoms with Crippen molar-refractivity contribution >= 4 is 11.7 Å². The molecule has 0 spiro atoms. The Labute approximate surface area is 160 Å². The fourth-order valence-corrected chi connectivity index (χ4v) is 3.39. The van der Waals surface area contributed by atoms with Crippen molar-refractivity contribution in [3.05, 3.63) is 42.7 Å². The molecule has 1 aliphatic heterocycles. The minimum Gasteiger partial charge on any atom is -0.424 e. The topological polar surface area (TPSA) is 67.4 Å². The molecule has 0 radical (unpaired) electrons. The molecule has 1 saturated heterocycles. The van der Waals surface area contributed by atoms with Gasteiger partial charge in [-0.25, -0.2) is 14.8 Å². The van der Waals surface area contributed by atoms with Crippen molar-refractivity contribution in [3.63, 3.8) is 0 Å². The van der Waals surface area contributed by atoms with Crippen LogP contribution < -0.4 is 10.1 Å². The van der Waals surface area contributed by atoms with Crippen molar-refractivity contribution in [2.24, 2.45) is 11.3 Å². The predicted molar refractivity (Wildman–Crippen MR) is 97.1 cm³/mol. The van der Waals surface area contributed by atoms with Crippen LogP contribution in [0, 0.1) is 11.3 Å². The Balaban J connectivity index is 1.59. The van der Waals surface area contributed by atoms with Gasteiger partial charge in [-0.2, -0.15) is 13.2 Å². The van der Waals surface area contributed by atoms with Crippen molar-refractivity contribution in [3.8, 4) is 11.8 Å². The van der Waals surface area contributed by atoms with E-state index in [1.807, 2.05) is 0 Å². The number of hydrogen-bond donors (Lipinski definition) is 1. The van der Waals surface area contributed by atoms with E-state index in [0.717, 1.165) is 0 Å². The summed E-state index contributed by atoms with van der Waals surface area (Å²) in [6.45, 7) is 3.19. The van der Waals surface area contributed by atoms with Crippen molar-refractivity contribution in [2.45, 2.75) is 26.4 Å². The number of anilines is 1. The van der Waals surface area contributed by atoms with E-state index in [9.17, 15) is 18.0 Å². The number of urea groups is 1. The van der Waals surface area contributed by atoms with Crippen molar-refractivity contribution < 1.29 is 22.7 Å². The maximum absolute atomic E-state index is 13.2. The predicted octanol–water partition coefficient (Wildman–Crippen LogP) is 4.71. The zero-order chi connectivity index (χ0) is 20.4. The number of hydrogen-bond acceptors (Lipinski definition) is 4. The van der Waals surface area contributed by atoms with Crippen LogP contribution in [-0.2, 0) is 0 Å². The number of amides is 2. The third kappa shape index (κ3) is 4.71. The summed E-state index contributed by atoms with van der Waals surface area (Å²) in [4.78, 5) is 21.8. The number of piperidine rings is 1. The Bertz CT molecular complexity index is 810. The summed E-state index contributed by atoms with van der Waals surface area (Å²) in [5.74, 6) is -0.919. The van der Waals surface area contributed by atoms with E-state index in [0.29, 0.717) is 11.4 Å². The zero-order valence-electron chi connectivity index (χ0n) is 15.5. The molecule has 2 heterocycles. The highest BCUT2D eigenvalue weighted by atomic mass is 19.4. The van der Waals surface area contributed by atoms with E-state index >= 15 is 0 Å². The van der Waals surface area contributed by atoms with Gasteiger partial charge in [0.2, 0.25) is 0 Å². The summed E-state index contributed by atoms with van der Waals surface area (Å²) >= 11 is 0. The molecule has 0 bridgehead atoms. The highest BCUT2D eigenvalue weighted by Crippen LogP contribution is 2.45. The Kier molecular flexibility index (Phi) is 5.44. The lowest BCUT2D eigenvalue weighted by molar-refractivity contribution is -0.214. The number of alkyl halides is 3. The van der Waals surface area contributed by atoms with Crippen LogP contribution in [-0.4, -0.2) is 40.2 Å². The molecule has 2 aromatic rings. The molecule has 9 heteroatoms. The number of halogens is 3. The maximum Gasteiger partial charge on any atom is 0.392 e. The molecule has 1 N–H and O–H groups in total. The first-order chi connectivity index (χ1) is 13.1. The molecule has 1 atom stereocenters. The van der Waals surface area contributed by atoms with E-state index in [4.69, 9.17) is 4.74 Å². The highest BCUT2D eigenvalue weighted by molar-refractivity contribution is 5.89. The number of ether oxygens (including phenoxy) is 1. The van der Waals surface area contributed by atoms with Crippen LogP contribution in [0.4, 0.5) is 23.7 Å². The van der Waals surface area contributed by atoms with Gasteiger partial charge in [-0.05, 0) is 42.2 Å². The van der Waals surface area contributed by atoms with Crippen LogP contribution in [0.25, 0.3) is 0 Å². The van der Waals surface area contributed by atoms with Gasteiger partial charge in [-0.15, -0.1) is 0 Å². The third-order valence-electron chi connectivity index (χ3n) is 4.77. The summed E-state index contributed by atoms with van der Waals surface area (Å²) in [7, 11) is 0. The Morgan fingerprint density at radius 3 is 2.43 bits per heavy atom. The second kappa shape index (κ2) is 7.65. The largest absolute Gasteiger partial charge is 0.424 e. The highest BCUT2D eigenvalue weighted by Gasteiger charge is 2.51. The molecule has 1 aromatic carbocycles. The molecule has 0 saturated carbocycles. The molecule has 3 rings (SSSR count). The van der Waals surface area contributed by atoms with E-state index in [2.05, 4.69) is 15.3 Å². The van der Waals surface area contributed by atoms with Gasteiger partial charge in [0.25, 0.3) is 0 Å². The van der Waals surface area contributed by atoms with Gasteiger partial charge in [-0.3, -0.25) is 0 Å². The first-order valence-electron chi connectivity index (χ1n) is 8.83. The van der Waals surface area contributed by atoms with Gasteiger partial charge >= 0.3 is 18.2 Å². The number of benzene rings is 1. The van der Waals surface area contributed by atoms with Gasteiger partial charge in [0.05, 0.1) is 5.92 Å². The van der Waals surface area contributed by atoms with Crippen LogP contribution in [0.1, 0.15) is 20.3 Å². The van der Waals surface area contributed by atoms with Crippen molar-refractivity contribution in [1.82, 2.24) is 14.9 Å². The quantitative estimate of drug-likeness (QED) is 0.819. The van der Waals surface area contributed by atoms with Crippen molar-refractivity contribution in [2.75, 3.05) is 18.4 Å². The molecule has 0 aliphatic carbocycles. The SMILES string of the molecule is CC1(C)CN(C(=O)Nc2ccc(Oc3ncccn3)cc2)CCC1C(F)(F)F. The number of nitrogens with zero attached hydrogens (tertiary/aromatic N) is 3. The zero-order valence-corrected chi connectivity index (χ0v) is 15.5. The van der Waals surface area contributed by atoms with Crippen LogP contribution in [0.2, 0.25) is 0 Å². The third-order valence-corrected chi connectivity index (χ3v) is 4.77. The fourth-order valence-electron chi connectivity index (χ4n) is 3.39. The van der Waals surface area contributed by atoms with E-state index in [1.54, 1.807) is 56.6 Å². The van der Waals surface area contributed by atoms with Gasteiger partial charge in [0, 0.05) is 31.2 Å². The summed E-state index contributed by atoms with van der Waals surface area (Å²) in [6, 6.07) is 8.03. The molecule has 150 valence electrons. The molecule has 2 amide bonds. The maximum atomic E-state index is 13.2. The molecule has 6 nitrogen and oxygen atoms in total. The van der Waals surface area contributed by atoms with Gasteiger partial charge in [-0.1, -0.05) is 13.8 Å². The average molecular weight is 394 g/mol. The Morgan fingerprint density at radius 1 is 1.21 bits per heavy atom. The molecular formula is C19H21F3N4O2. The number of nitrogens with one attached hydrogen (secondary N) is 1. The van der Waals surface area contributed by atoms with Crippen molar-refractivity contribution in [1.29, 1.82) is 0 Å². The van der Waals surface area contributed by atoms with E-state index in [-0.39, 0.29) is 25.5 Å². The van der Waals surface area contributed by atoms with Gasteiger partial charge in [0.1, 0.15) is 5.75 Å². The summed E-state index contributed by atoms with van der Waals surface area (Å²) in [6.07, 6.45) is -1.25. The standard InChI is InChI=1S/C19H21F3N4O2/c1-18(2)12-26(11-8-15(18)19(20,21)22)17(27)25-13-4-6-14(7-5-13)28-16-23-9-3-10-24-16/h3-7,9-10,15H,8,11-12H2,1-2H3,(H,25,27). The van der Waals surface area contributed by atoms with E-state index in [1.165, 1.54) is 4.90 Å². The first-order valence-corrected chi connectivity index (χ1v) is 8.83. The lowest BCUT2D eigenvalue weighted by Gasteiger charge is -2.44. The van der Waals surface area contributed by atoms with E-state index < -0.39 is 23.5 Å². The Hall–Kier alpha value is -2.84. The normalized spacial score (nSPS) is 19.2. The number of carbonyl (C=O) groups is 1. The van der Waals surface area contributed by atoms with Gasteiger partial charge < -0.3 is 15.0 Å². The Morgan fingerprint density at radius 2 is 1.86 bits per heavy atom. The minimum absolute atomic E-state index is 0.0373. The monoisotopic (exact) mass is 394 g/mol. The number of rotatable bonds is 3. The number of aromatic nitrogens is 2. The van der Waals surface area contributed by atoms with Crippen LogP contribution >= 0.6 is 0 Å². The minimum atomic E-state index is -4.26. The van der Waals surface area contributed by atoms with Crippen LogP contribution in [0.15, 0.2) is 42.7 Å². The summed E-state index contributed by atoms with van der Waals surface area (Å²) in [5, 5.41) is 2.71. The molecule has 1 unspecified atom stereocenters. The average Bonchev–Trinajstić information content (AvgIpc) is 2.62. The second-order valence-corrected chi connectivity index (χ2v) is 7.38. The lowest BCUT2D eigenvalue weighted by atomic mass is 9.73. The molecular weight excluding hydrogens is 373 g/mol. The lowest BCUT2D eigenvalue weighted by Crippen LogP contribution is -2.53. The smallest absolute Gasteiger partial charge is 0.392 e. The number of carbonyl (C=O) groups excluding carboxylic acids is 1. The van der Waals surface area contributed by atoms with Gasteiger partial charge in [0.15, 0.2) is 0 Å². The first kappa shape index (κ1) is 19.9. The second-order valence-electron chi connectivity index (χ2n) is 7.38. The molecule has 28 heavy (non-hydrogen) atoms. The fraction of sp³-hybridized carbons (Fsp3) is 0.421. The molecule has 1 aliphatic rings. The van der Waals surface area contributed by atoms with Crippen LogP contribution in [0.3, 0.4) is 0 Å². The molecule has 1 aromatic heterocycles.